The van der Waals surface area contributed by atoms with Crippen molar-refractivity contribution in [1.29, 1.82) is 0 Å². The van der Waals surface area contributed by atoms with Gasteiger partial charge in [-0.1, -0.05) is 12.1 Å². The third kappa shape index (κ3) is 4.87. The molecule has 0 radical (unpaired) electrons. The first-order chi connectivity index (χ1) is 8.13. The Morgan fingerprint density at radius 2 is 1.94 bits per heavy atom. The van der Waals surface area contributed by atoms with E-state index < -0.39 is 0 Å². The summed E-state index contributed by atoms with van der Waals surface area (Å²) in [4.78, 5) is 13.0. The average Bonchev–Trinajstić information content (AvgIpc) is 2.34. The van der Waals surface area contributed by atoms with Crippen molar-refractivity contribution in [3.8, 4) is 5.75 Å². The normalized spacial score (nSPS) is 10.1. The van der Waals surface area contributed by atoms with Crippen LogP contribution in [-0.4, -0.2) is 38.1 Å². The van der Waals surface area contributed by atoms with Gasteiger partial charge in [0.2, 0.25) is 5.91 Å². The van der Waals surface area contributed by atoms with E-state index >= 15 is 0 Å². The summed E-state index contributed by atoms with van der Waals surface area (Å²) in [6.07, 6.45) is 1.30. The molecule has 94 valence electrons. The summed E-state index contributed by atoms with van der Waals surface area (Å²) in [6, 6.07) is 7.78. The highest BCUT2D eigenvalue weighted by Crippen LogP contribution is 2.13. The Balaban J connectivity index is 2.42. The van der Waals surface area contributed by atoms with Gasteiger partial charge in [-0.05, 0) is 24.1 Å². The van der Waals surface area contributed by atoms with Crippen molar-refractivity contribution in [3.63, 3.8) is 0 Å². The standard InChI is InChI=1S/C13H20N2O2/c1-15(2)13(16)8-5-11-3-6-12(7-4-11)17-10-9-14/h3-4,6-7H,5,8-10,14H2,1-2H3. The molecule has 0 saturated carbocycles. The van der Waals surface area contributed by atoms with Crippen LogP contribution in [-0.2, 0) is 11.2 Å². The second kappa shape index (κ2) is 6.91. The average molecular weight is 236 g/mol. The highest BCUT2D eigenvalue weighted by atomic mass is 16.5. The van der Waals surface area contributed by atoms with E-state index in [4.69, 9.17) is 10.5 Å². The zero-order chi connectivity index (χ0) is 12.7. The van der Waals surface area contributed by atoms with Gasteiger partial charge in [-0.2, -0.15) is 0 Å². The fraction of sp³-hybridized carbons (Fsp3) is 0.462. The number of nitrogens with two attached hydrogens (primary N) is 1. The van der Waals surface area contributed by atoms with E-state index in [0.717, 1.165) is 17.7 Å². The summed E-state index contributed by atoms with van der Waals surface area (Å²) in [5, 5.41) is 0. The number of aryl methyl sites for hydroxylation is 1. The van der Waals surface area contributed by atoms with E-state index in [1.54, 1.807) is 19.0 Å². The maximum absolute atomic E-state index is 11.4. The lowest BCUT2D eigenvalue weighted by atomic mass is 10.1. The Morgan fingerprint density at radius 3 is 2.47 bits per heavy atom. The lowest BCUT2D eigenvalue weighted by molar-refractivity contribution is -0.128. The van der Waals surface area contributed by atoms with Crippen molar-refractivity contribution in [2.24, 2.45) is 5.73 Å². The summed E-state index contributed by atoms with van der Waals surface area (Å²) in [5.41, 5.74) is 6.49. The van der Waals surface area contributed by atoms with Crippen LogP contribution in [0.2, 0.25) is 0 Å². The SMILES string of the molecule is CN(C)C(=O)CCc1ccc(OCCN)cc1. The Labute approximate surface area is 102 Å². The van der Waals surface area contributed by atoms with Crippen LogP contribution < -0.4 is 10.5 Å². The monoisotopic (exact) mass is 236 g/mol. The first-order valence-electron chi connectivity index (χ1n) is 5.75. The van der Waals surface area contributed by atoms with Crippen LogP contribution in [0.1, 0.15) is 12.0 Å². The van der Waals surface area contributed by atoms with Gasteiger partial charge in [-0.15, -0.1) is 0 Å². The van der Waals surface area contributed by atoms with Crippen molar-refractivity contribution >= 4 is 5.91 Å². The molecule has 0 aromatic heterocycles. The summed E-state index contributed by atoms with van der Waals surface area (Å²) in [5.74, 6) is 0.964. The van der Waals surface area contributed by atoms with E-state index in [-0.39, 0.29) is 5.91 Å². The number of benzene rings is 1. The molecule has 1 aromatic carbocycles. The minimum atomic E-state index is 0.147. The predicted octanol–water partition coefficient (Wildman–Crippen LogP) is 1.04. The van der Waals surface area contributed by atoms with Crippen LogP contribution in [0.15, 0.2) is 24.3 Å². The number of rotatable bonds is 6. The molecule has 0 bridgehead atoms. The van der Waals surface area contributed by atoms with Gasteiger partial charge in [-0.25, -0.2) is 0 Å². The lowest BCUT2D eigenvalue weighted by Gasteiger charge is -2.10. The minimum Gasteiger partial charge on any atom is -0.492 e. The van der Waals surface area contributed by atoms with Gasteiger partial charge >= 0.3 is 0 Å². The summed E-state index contributed by atoms with van der Waals surface area (Å²) < 4.78 is 5.37. The van der Waals surface area contributed by atoms with E-state index in [1.807, 2.05) is 24.3 Å². The summed E-state index contributed by atoms with van der Waals surface area (Å²) >= 11 is 0. The largest absolute Gasteiger partial charge is 0.492 e. The zero-order valence-corrected chi connectivity index (χ0v) is 10.5. The number of hydrogen-bond donors (Lipinski definition) is 1. The molecule has 0 spiro atoms. The smallest absolute Gasteiger partial charge is 0.222 e. The van der Waals surface area contributed by atoms with Gasteiger partial charge < -0.3 is 15.4 Å². The second-order valence-electron chi connectivity index (χ2n) is 4.07. The van der Waals surface area contributed by atoms with Gasteiger partial charge in [0.05, 0.1) is 0 Å². The van der Waals surface area contributed by atoms with Crippen LogP contribution in [0, 0.1) is 0 Å². The van der Waals surface area contributed by atoms with Crippen molar-refractivity contribution < 1.29 is 9.53 Å². The van der Waals surface area contributed by atoms with Gasteiger partial charge in [0.25, 0.3) is 0 Å². The van der Waals surface area contributed by atoms with Crippen molar-refractivity contribution in [2.45, 2.75) is 12.8 Å². The molecular weight excluding hydrogens is 216 g/mol. The summed E-state index contributed by atoms with van der Waals surface area (Å²) in [6.45, 7) is 1.04. The maximum atomic E-state index is 11.4. The van der Waals surface area contributed by atoms with E-state index in [2.05, 4.69) is 0 Å². The molecule has 0 fully saturated rings. The quantitative estimate of drug-likeness (QED) is 0.803. The molecule has 0 saturated heterocycles. The zero-order valence-electron chi connectivity index (χ0n) is 10.5. The van der Waals surface area contributed by atoms with Crippen LogP contribution >= 0.6 is 0 Å². The Kier molecular flexibility index (Phi) is 5.49. The van der Waals surface area contributed by atoms with E-state index in [1.165, 1.54) is 0 Å². The van der Waals surface area contributed by atoms with Gasteiger partial charge in [0.1, 0.15) is 12.4 Å². The number of ether oxygens (including phenoxy) is 1. The van der Waals surface area contributed by atoms with Crippen LogP contribution in [0.4, 0.5) is 0 Å². The molecule has 1 amide bonds. The highest BCUT2D eigenvalue weighted by Gasteiger charge is 2.04. The number of nitrogens with zero attached hydrogens (tertiary/aromatic N) is 1. The van der Waals surface area contributed by atoms with Crippen LogP contribution in [0.3, 0.4) is 0 Å². The molecule has 4 heteroatoms. The maximum Gasteiger partial charge on any atom is 0.222 e. The first kappa shape index (κ1) is 13.5. The van der Waals surface area contributed by atoms with E-state index in [9.17, 15) is 4.79 Å². The molecule has 1 rings (SSSR count). The number of hydrogen-bond acceptors (Lipinski definition) is 3. The molecule has 0 unspecified atom stereocenters. The molecule has 0 heterocycles. The fourth-order valence-electron chi connectivity index (χ4n) is 1.40. The molecular formula is C13H20N2O2. The van der Waals surface area contributed by atoms with Crippen LogP contribution in [0.5, 0.6) is 5.75 Å². The molecule has 0 aliphatic heterocycles. The third-order valence-electron chi connectivity index (χ3n) is 2.44. The van der Waals surface area contributed by atoms with Crippen molar-refractivity contribution in [1.82, 2.24) is 4.90 Å². The molecule has 0 aliphatic rings. The molecule has 0 aliphatic carbocycles. The molecule has 1 aromatic rings. The molecule has 2 N–H and O–H groups in total. The van der Waals surface area contributed by atoms with Gasteiger partial charge in [0, 0.05) is 27.1 Å². The number of carbonyl (C=O) groups excluding carboxylic acids is 1. The Bertz CT molecular complexity index is 347. The van der Waals surface area contributed by atoms with Crippen molar-refractivity contribution in [2.75, 3.05) is 27.2 Å². The van der Waals surface area contributed by atoms with Crippen molar-refractivity contribution in [3.05, 3.63) is 29.8 Å². The lowest BCUT2D eigenvalue weighted by Crippen LogP contribution is -2.21. The second-order valence-corrected chi connectivity index (χ2v) is 4.07. The fourth-order valence-corrected chi connectivity index (χ4v) is 1.40. The number of carbonyl (C=O) groups is 1. The Morgan fingerprint density at radius 1 is 1.29 bits per heavy atom. The predicted molar refractivity (Wildman–Crippen MR) is 68.0 cm³/mol. The van der Waals surface area contributed by atoms with Gasteiger partial charge in [-0.3, -0.25) is 4.79 Å². The first-order valence-corrected chi connectivity index (χ1v) is 5.75. The molecule has 4 nitrogen and oxygen atoms in total. The highest BCUT2D eigenvalue weighted by molar-refractivity contribution is 5.75. The number of amides is 1. The van der Waals surface area contributed by atoms with Crippen LogP contribution in [0.25, 0.3) is 0 Å². The van der Waals surface area contributed by atoms with Gasteiger partial charge in [0.15, 0.2) is 0 Å². The third-order valence-corrected chi connectivity index (χ3v) is 2.44. The summed E-state index contributed by atoms with van der Waals surface area (Å²) in [7, 11) is 3.54. The van der Waals surface area contributed by atoms with E-state index in [0.29, 0.717) is 19.6 Å². The molecule has 17 heavy (non-hydrogen) atoms. The Hall–Kier alpha value is -1.55. The minimum absolute atomic E-state index is 0.147. The topological polar surface area (TPSA) is 55.6 Å². The molecule has 0 atom stereocenters.